The second kappa shape index (κ2) is 8.28. The molecule has 0 aliphatic heterocycles. The average molecular weight is 374 g/mol. The first-order valence-corrected chi connectivity index (χ1v) is 10.7. The number of rotatable bonds is 7. The summed E-state index contributed by atoms with van der Waals surface area (Å²) in [5.74, 6) is 0.480. The maximum absolute atomic E-state index is 12.9. The van der Waals surface area contributed by atoms with E-state index in [1.807, 2.05) is 37.6 Å². The van der Waals surface area contributed by atoms with Gasteiger partial charge in [-0.15, -0.1) is 23.1 Å². The fourth-order valence-electron chi connectivity index (χ4n) is 3.39. The lowest BCUT2D eigenvalue weighted by Gasteiger charge is -2.13. The van der Waals surface area contributed by atoms with E-state index in [-0.39, 0.29) is 17.5 Å². The van der Waals surface area contributed by atoms with E-state index in [0.717, 1.165) is 51.6 Å². The van der Waals surface area contributed by atoms with Gasteiger partial charge in [0.05, 0.1) is 16.8 Å². The van der Waals surface area contributed by atoms with Crippen LogP contribution in [0, 0.1) is 12.8 Å². The Hall–Kier alpha value is -1.46. The first kappa shape index (κ1) is 18.3. The number of aryl methyl sites for hydroxylation is 1. The lowest BCUT2D eigenvalue weighted by Crippen LogP contribution is -2.16. The van der Waals surface area contributed by atoms with E-state index in [4.69, 9.17) is 0 Å². The minimum absolute atomic E-state index is 0.117. The van der Waals surface area contributed by atoms with Crippen molar-refractivity contribution in [3.8, 4) is 0 Å². The summed E-state index contributed by atoms with van der Waals surface area (Å²) >= 11 is 3.21. The Labute approximate surface area is 157 Å². The highest BCUT2D eigenvalue weighted by Gasteiger charge is 2.26. The number of hydrogen-bond acceptors (Lipinski definition) is 5. The summed E-state index contributed by atoms with van der Waals surface area (Å²) in [6, 6.07) is 5.90. The molecule has 5 heteroatoms. The van der Waals surface area contributed by atoms with Gasteiger partial charge in [-0.2, -0.15) is 0 Å². The van der Waals surface area contributed by atoms with Gasteiger partial charge in [-0.1, -0.05) is 30.5 Å². The van der Waals surface area contributed by atoms with E-state index in [0.29, 0.717) is 12.8 Å². The van der Waals surface area contributed by atoms with E-state index >= 15 is 0 Å². The molecule has 1 saturated carbocycles. The third-order valence-electron chi connectivity index (χ3n) is 4.73. The second-order valence-electron chi connectivity index (χ2n) is 6.68. The smallest absolute Gasteiger partial charge is 0.166 e. The average Bonchev–Trinajstić information content (AvgIpc) is 3.27. The van der Waals surface area contributed by atoms with Crippen LogP contribution in [0.15, 0.2) is 28.6 Å². The molecule has 0 bridgehead atoms. The second-order valence-corrected chi connectivity index (χ2v) is 8.90. The molecule has 0 spiro atoms. The molecule has 0 radical (unpaired) electrons. The molecule has 1 fully saturated rings. The standard InChI is InChI=1S/C20H23NO2S2/c1-13-7-8-15(17(9-13)20(23)14-5-3-4-6-14)10-16(22)11-18-21-12-19(24-2)25-18/h7-9,12,14H,3-6,10-11H2,1-2H3. The van der Waals surface area contributed by atoms with Crippen LogP contribution in [0.4, 0.5) is 0 Å². The van der Waals surface area contributed by atoms with Crippen molar-refractivity contribution in [2.75, 3.05) is 6.26 Å². The first-order valence-electron chi connectivity index (χ1n) is 8.71. The molecule has 1 heterocycles. The molecule has 2 aromatic rings. The van der Waals surface area contributed by atoms with Gasteiger partial charge in [0, 0.05) is 17.9 Å². The fraction of sp³-hybridized carbons (Fsp3) is 0.450. The largest absolute Gasteiger partial charge is 0.299 e. The van der Waals surface area contributed by atoms with E-state index in [1.54, 1.807) is 23.1 Å². The third-order valence-corrected chi connectivity index (χ3v) is 6.78. The normalized spacial score (nSPS) is 14.8. The van der Waals surface area contributed by atoms with Crippen LogP contribution >= 0.6 is 23.1 Å². The van der Waals surface area contributed by atoms with Crippen molar-refractivity contribution >= 4 is 34.7 Å². The van der Waals surface area contributed by atoms with Gasteiger partial charge in [0.2, 0.25) is 0 Å². The molecular formula is C20H23NO2S2. The van der Waals surface area contributed by atoms with Crippen molar-refractivity contribution in [2.45, 2.75) is 49.7 Å². The first-order chi connectivity index (χ1) is 12.1. The number of nitrogens with zero attached hydrogens (tertiary/aromatic N) is 1. The lowest BCUT2D eigenvalue weighted by molar-refractivity contribution is -0.117. The van der Waals surface area contributed by atoms with Crippen molar-refractivity contribution in [3.05, 3.63) is 46.1 Å². The van der Waals surface area contributed by atoms with Crippen LogP contribution in [-0.4, -0.2) is 22.8 Å². The zero-order chi connectivity index (χ0) is 17.8. The Morgan fingerprint density at radius 3 is 2.68 bits per heavy atom. The number of Topliss-reactive ketones (excluding diaryl/α,β-unsaturated/α-hetero) is 2. The molecule has 0 saturated heterocycles. The molecule has 25 heavy (non-hydrogen) atoms. The summed E-state index contributed by atoms with van der Waals surface area (Å²) in [6.07, 6.45) is 8.72. The third kappa shape index (κ3) is 4.59. The van der Waals surface area contributed by atoms with Gasteiger partial charge in [0.25, 0.3) is 0 Å². The molecule has 3 nitrogen and oxygen atoms in total. The number of aromatic nitrogens is 1. The van der Waals surface area contributed by atoms with Gasteiger partial charge in [-0.25, -0.2) is 4.98 Å². The number of ketones is 2. The van der Waals surface area contributed by atoms with Gasteiger partial charge in [0.15, 0.2) is 5.78 Å². The highest BCUT2D eigenvalue weighted by Crippen LogP contribution is 2.30. The fourth-order valence-corrected chi connectivity index (χ4v) is 4.85. The summed E-state index contributed by atoms with van der Waals surface area (Å²) < 4.78 is 1.12. The highest BCUT2D eigenvalue weighted by atomic mass is 32.2. The summed E-state index contributed by atoms with van der Waals surface area (Å²) in [4.78, 5) is 29.7. The zero-order valence-electron chi connectivity index (χ0n) is 14.7. The SMILES string of the molecule is CSc1cnc(CC(=O)Cc2ccc(C)cc2C(=O)C2CCCC2)s1. The topological polar surface area (TPSA) is 47.0 Å². The molecule has 132 valence electrons. The van der Waals surface area contributed by atoms with E-state index in [2.05, 4.69) is 4.98 Å². The van der Waals surface area contributed by atoms with Crippen LogP contribution in [-0.2, 0) is 17.6 Å². The minimum atomic E-state index is 0.117. The quantitative estimate of drug-likeness (QED) is 0.511. The zero-order valence-corrected chi connectivity index (χ0v) is 16.3. The number of benzene rings is 1. The molecule has 0 atom stereocenters. The summed E-state index contributed by atoms with van der Waals surface area (Å²) in [5.41, 5.74) is 2.69. The lowest BCUT2D eigenvalue weighted by atomic mass is 9.90. The molecule has 1 aliphatic carbocycles. The summed E-state index contributed by atoms with van der Waals surface area (Å²) in [5, 5.41) is 0.852. The maximum atomic E-state index is 12.9. The predicted molar refractivity (Wildman–Crippen MR) is 104 cm³/mol. The number of hydrogen-bond donors (Lipinski definition) is 0. The summed E-state index contributed by atoms with van der Waals surface area (Å²) in [6.45, 7) is 2.00. The molecular weight excluding hydrogens is 350 g/mol. The molecule has 1 aromatic heterocycles. The van der Waals surface area contributed by atoms with Crippen LogP contribution in [0.5, 0.6) is 0 Å². The Balaban J connectivity index is 1.74. The number of carbonyl (C=O) groups is 2. The predicted octanol–water partition coefficient (Wildman–Crippen LogP) is 4.90. The Morgan fingerprint density at radius 2 is 2.00 bits per heavy atom. The van der Waals surface area contributed by atoms with Gasteiger partial charge in [-0.3, -0.25) is 9.59 Å². The van der Waals surface area contributed by atoms with E-state index in [9.17, 15) is 9.59 Å². The van der Waals surface area contributed by atoms with Crippen LogP contribution in [0.25, 0.3) is 0 Å². The van der Waals surface area contributed by atoms with E-state index in [1.165, 1.54) is 0 Å². The Kier molecular flexibility index (Phi) is 6.07. The van der Waals surface area contributed by atoms with Gasteiger partial charge >= 0.3 is 0 Å². The van der Waals surface area contributed by atoms with Crippen LogP contribution < -0.4 is 0 Å². The summed E-state index contributed by atoms with van der Waals surface area (Å²) in [7, 11) is 0. The minimum Gasteiger partial charge on any atom is -0.299 e. The molecule has 1 aromatic carbocycles. The molecule has 0 amide bonds. The highest BCUT2D eigenvalue weighted by molar-refractivity contribution is 8.00. The maximum Gasteiger partial charge on any atom is 0.166 e. The van der Waals surface area contributed by atoms with Crippen molar-refractivity contribution in [1.29, 1.82) is 0 Å². The Bertz CT molecular complexity index is 776. The van der Waals surface area contributed by atoms with Gasteiger partial charge < -0.3 is 0 Å². The molecule has 0 unspecified atom stereocenters. The molecule has 1 aliphatic rings. The Morgan fingerprint density at radius 1 is 1.24 bits per heavy atom. The molecule has 0 N–H and O–H groups in total. The van der Waals surface area contributed by atoms with E-state index < -0.39 is 0 Å². The van der Waals surface area contributed by atoms with Crippen LogP contribution in [0.1, 0.15) is 52.2 Å². The number of thiazole rings is 1. The van der Waals surface area contributed by atoms with Crippen LogP contribution in [0.3, 0.4) is 0 Å². The number of carbonyl (C=O) groups excluding carboxylic acids is 2. The number of thioether (sulfide) groups is 1. The molecule has 3 rings (SSSR count). The van der Waals surface area contributed by atoms with Crippen molar-refractivity contribution in [2.24, 2.45) is 5.92 Å². The monoisotopic (exact) mass is 373 g/mol. The van der Waals surface area contributed by atoms with Gasteiger partial charge in [-0.05, 0) is 37.7 Å². The van der Waals surface area contributed by atoms with Gasteiger partial charge in [0.1, 0.15) is 10.8 Å². The van der Waals surface area contributed by atoms with Crippen molar-refractivity contribution in [3.63, 3.8) is 0 Å². The van der Waals surface area contributed by atoms with Crippen molar-refractivity contribution < 1.29 is 9.59 Å². The van der Waals surface area contributed by atoms with Crippen molar-refractivity contribution in [1.82, 2.24) is 4.98 Å². The van der Waals surface area contributed by atoms with Crippen LogP contribution in [0.2, 0.25) is 0 Å².